The first kappa shape index (κ1) is 18.9. The largest absolute Gasteiger partial charge is 0.360 e. The second-order valence-electron chi connectivity index (χ2n) is 7.79. The molecule has 0 bridgehead atoms. The van der Waals surface area contributed by atoms with E-state index in [0.29, 0.717) is 11.6 Å². The summed E-state index contributed by atoms with van der Waals surface area (Å²) in [5, 5.41) is 4.12. The van der Waals surface area contributed by atoms with E-state index in [-0.39, 0.29) is 11.4 Å². The first-order valence-corrected chi connectivity index (χ1v) is 9.31. The average molecular weight is 361 g/mol. The number of anilines is 1. The van der Waals surface area contributed by atoms with Gasteiger partial charge in [0.25, 0.3) is 5.91 Å². The lowest BCUT2D eigenvalue weighted by atomic mass is 9.87. The first-order valence-electron chi connectivity index (χ1n) is 9.31. The molecule has 27 heavy (non-hydrogen) atoms. The fourth-order valence-electron chi connectivity index (χ4n) is 3.91. The zero-order chi connectivity index (χ0) is 19.6. The Balaban J connectivity index is 1.82. The van der Waals surface area contributed by atoms with E-state index in [4.69, 9.17) is 0 Å². The summed E-state index contributed by atoms with van der Waals surface area (Å²) in [6.45, 7) is 11.1. The summed E-state index contributed by atoms with van der Waals surface area (Å²) in [4.78, 5) is 14.5. The second kappa shape index (κ2) is 7.39. The molecule has 2 aromatic carbocycles. The number of amides is 1. The van der Waals surface area contributed by atoms with Gasteiger partial charge in [-0.3, -0.25) is 4.79 Å². The van der Waals surface area contributed by atoms with Crippen LogP contribution in [0.1, 0.15) is 56.1 Å². The van der Waals surface area contributed by atoms with Crippen molar-refractivity contribution in [1.29, 1.82) is 0 Å². The van der Waals surface area contributed by atoms with E-state index >= 15 is 0 Å². The topological polar surface area (TPSA) is 44.7 Å². The predicted octanol–water partition coefficient (Wildman–Crippen LogP) is 4.86. The highest BCUT2D eigenvalue weighted by molar-refractivity contribution is 5.95. The number of hydrogen-bond donors (Lipinski definition) is 1. The Kier molecular flexibility index (Phi) is 5.17. The standard InChI is InChI=1S/C23H27N3O/c1-16(2)26-21-12-11-18(13-20(21)17(3)14-23(26,4)5)15-24-25-22(27)19-9-7-6-8-10-19/h6-16H,1-5H3,(H,25,27)/b24-15+. The molecule has 140 valence electrons. The van der Waals surface area contributed by atoms with E-state index in [1.54, 1.807) is 18.3 Å². The normalized spacial score (nSPS) is 15.6. The van der Waals surface area contributed by atoms with Crippen LogP contribution in [-0.4, -0.2) is 23.7 Å². The minimum Gasteiger partial charge on any atom is -0.360 e. The molecule has 0 unspecified atom stereocenters. The smallest absolute Gasteiger partial charge is 0.271 e. The number of allylic oxidation sites excluding steroid dienone is 1. The summed E-state index contributed by atoms with van der Waals surface area (Å²) in [7, 11) is 0. The van der Waals surface area contributed by atoms with Gasteiger partial charge in [-0.15, -0.1) is 0 Å². The summed E-state index contributed by atoms with van der Waals surface area (Å²) >= 11 is 0. The van der Waals surface area contributed by atoms with Gasteiger partial charge in [0.15, 0.2) is 0 Å². The average Bonchev–Trinajstić information content (AvgIpc) is 2.61. The number of nitrogens with one attached hydrogen (secondary N) is 1. The molecule has 4 nitrogen and oxygen atoms in total. The Morgan fingerprint density at radius 3 is 2.52 bits per heavy atom. The maximum absolute atomic E-state index is 12.1. The van der Waals surface area contributed by atoms with E-state index in [1.807, 2.05) is 24.3 Å². The van der Waals surface area contributed by atoms with Crippen LogP contribution in [0.15, 0.2) is 59.7 Å². The number of rotatable bonds is 4. The van der Waals surface area contributed by atoms with Gasteiger partial charge < -0.3 is 4.90 Å². The molecule has 1 heterocycles. The van der Waals surface area contributed by atoms with Gasteiger partial charge in [-0.25, -0.2) is 5.43 Å². The lowest BCUT2D eigenvalue weighted by molar-refractivity contribution is 0.0955. The molecule has 0 saturated heterocycles. The number of carbonyl (C=O) groups excluding carboxylic acids is 1. The molecule has 0 atom stereocenters. The van der Waals surface area contributed by atoms with Crippen LogP contribution in [0, 0.1) is 0 Å². The van der Waals surface area contributed by atoms with Crippen LogP contribution < -0.4 is 10.3 Å². The van der Waals surface area contributed by atoms with Crippen molar-refractivity contribution in [3.63, 3.8) is 0 Å². The Bertz CT molecular complexity index is 895. The minimum absolute atomic E-state index is 0.0233. The van der Waals surface area contributed by atoms with Crippen LogP contribution >= 0.6 is 0 Å². The molecule has 0 aromatic heterocycles. The van der Waals surface area contributed by atoms with Crippen LogP contribution in [0.2, 0.25) is 0 Å². The summed E-state index contributed by atoms with van der Waals surface area (Å²) in [5.74, 6) is -0.214. The molecule has 0 fully saturated rings. The van der Waals surface area contributed by atoms with Crippen molar-refractivity contribution >= 4 is 23.4 Å². The fourth-order valence-corrected chi connectivity index (χ4v) is 3.91. The molecule has 1 N–H and O–H groups in total. The molecule has 1 aliphatic heterocycles. The Labute approximate surface area is 161 Å². The summed E-state index contributed by atoms with van der Waals surface area (Å²) < 4.78 is 0. The third-order valence-corrected chi connectivity index (χ3v) is 4.83. The maximum Gasteiger partial charge on any atom is 0.271 e. The van der Waals surface area contributed by atoms with Crippen molar-refractivity contribution in [1.82, 2.24) is 5.43 Å². The van der Waals surface area contributed by atoms with Gasteiger partial charge in [0.2, 0.25) is 0 Å². The zero-order valence-corrected chi connectivity index (χ0v) is 16.7. The third kappa shape index (κ3) is 3.95. The van der Waals surface area contributed by atoms with Crippen molar-refractivity contribution in [2.75, 3.05) is 4.90 Å². The van der Waals surface area contributed by atoms with E-state index in [9.17, 15) is 4.79 Å². The van der Waals surface area contributed by atoms with Gasteiger partial charge in [0, 0.05) is 22.9 Å². The molecule has 4 heteroatoms. The summed E-state index contributed by atoms with van der Waals surface area (Å²) in [6.07, 6.45) is 4.00. The number of carbonyl (C=O) groups is 1. The molecule has 0 aliphatic carbocycles. The van der Waals surface area contributed by atoms with E-state index in [1.165, 1.54) is 16.8 Å². The van der Waals surface area contributed by atoms with Crippen LogP contribution in [-0.2, 0) is 0 Å². The van der Waals surface area contributed by atoms with Gasteiger partial charge in [0.1, 0.15) is 0 Å². The number of fused-ring (bicyclic) bond motifs is 1. The molecule has 0 spiro atoms. The van der Waals surface area contributed by atoms with E-state index < -0.39 is 0 Å². The molecular weight excluding hydrogens is 334 g/mol. The first-order chi connectivity index (χ1) is 12.8. The molecule has 1 aliphatic rings. The SMILES string of the molecule is CC1=CC(C)(C)N(C(C)C)c2ccc(/C=N/NC(=O)c3ccccc3)cc21. The fraction of sp³-hybridized carbons (Fsp3) is 0.304. The van der Waals surface area contributed by atoms with Crippen LogP contribution in [0.5, 0.6) is 0 Å². The Morgan fingerprint density at radius 2 is 1.85 bits per heavy atom. The third-order valence-electron chi connectivity index (χ3n) is 4.83. The van der Waals surface area contributed by atoms with Gasteiger partial charge in [-0.2, -0.15) is 5.10 Å². The quantitative estimate of drug-likeness (QED) is 0.624. The minimum atomic E-state index is -0.214. The highest BCUT2D eigenvalue weighted by Crippen LogP contribution is 2.40. The lowest BCUT2D eigenvalue weighted by Gasteiger charge is -2.46. The number of hydrazone groups is 1. The monoisotopic (exact) mass is 361 g/mol. The number of hydrogen-bond acceptors (Lipinski definition) is 3. The van der Waals surface area contributed by atoms with Gasteiger partial charge in [-0.05, 0) is 70.0 Å². The summed E-state index contributed by atoms with van der Waals surface area (Å²) in [6, 6.07) is 15.8. The van der Waals surface area contributed by atoms with Crippen molar-refractivity contribution in [3.8, 4) is 0 Å². The van der Waals surface area contributed by atoms with Crippen molar-refractivity contribution in [2.24, 2.45) is 5.10 Å². The highest BCUT2D eigenvalue weighted by atomic mass is 16.2. The summed E-state index contributed by atoms with van der Waals surface area (Å²) in [5.41, 5.74) is 7.81. The van der Waals surface area contributed by atoms with Crippen LogP contribution in [0.3, 0.4) is 0 Å². The Morgan fingerprint density at radius 1 is 1.15 bits per heavy atom. The predicted molar refractivity (Wildman–Crippen MR) is 113 cm³/mol. The molecule has 2 aromatic rings. The van der Waals surface area contributed by atoms with Gasteiger partial charge >= 0.3 is 0 Å². The molecule has 3 rings (SSSR count). The molecule has 0 radical (unpaired) electrons. The van der Waals surface area contributed by atoms with E-state index in [2.05, 4.69) is 68.3 Å². The van der Waals surface area contributed by atoms with Crippen molar-refractivity contribution in [3.05, 3.63) is 71.3 Å². The Hall–Kier alpha value is -2.88. The number of nitrogens with zero attached hydrogens (tertiary/aromatic N) is 2. The molecule has 0 saturated carbocycles. The van der Waals surface area contributed by atoms with Crippen LogP contribution in [0.4, 0.5) is 5.69 Å². The lowest BCUT2D eigenvalue weighted by Crippen LogP contribution is -2.49. The maximum atomic E-state index is 12.1. The van der Waals surface area contributed by atoms with E-state index in [0.717, 1.165) is 5.56 Å². The molecular formula is C23H27N3O. The van der Waals surface area contributed by atoms with Crippen LogP contribution in [0.25, 0.3) is 5.57 Å². The number of benzene rings is 2. The zero-order valence-electron chi connectivity index (χ0n) is 16.7. The molecule has 1 amide bonds. The van der Waals surface area contributed by atoms with Gasteiger partial charge in [0.05, 0.1) is 11.8 Å². The highest BCUT2D eigenvalue weighted by Gasteiger charge is 2.32. The van der Waals surface area contributed by atoms with Gasteiger partial charge in [-0.1, -0.05) is 30.3 Å². The van der Waals surface area contributed by atoms with Crippen molar-refractivity contribution < 1.29 is 4.79 Å². The van der Waals surface area contributed by atoms with Crippen molar-refractivity contribution in [2.45, 2.75) is 46.2 Å². The second-order valence-corrected chi connectivity index (χ2v) is 7.79.